The molecule has 0 aliphatic carbocycles. The van der Waals surface area contributed by atoms with Crippen LogP contribution in [0.5, 0.6) is 0 Å². The van der Waals surface area contributed by atoms with E-state index in [1.807, 2.05) is 31.2 Å². The van der Waals surface area contributed by atoms with Gasteiger partial charge in [0.15, 0.2) is 6.61 Å². The van der Waals surface area contributed by atoms with E-state index in [0.717, 1.165) is 24.2 Å². The lowest BCUT2D eigenvalue weighted by atomic mass is 10.1. The molecule has 0 aromatic heterocycles. The van der Waals surface area contributed by atoms with Gasteiger partial charge in [-0.15, -0.1) is 0 Å². The van der Waals surface area contributed by atoms with Gasteiger partial charge < -0.3 is 14.5 Å². The highest BCUT2D eigenvalue weighted by molar-refractivity contribution is 5.89. The molecule has 0 N–H and O–H groups in total. The first kappa shape index (κ1) is 20.6. The number of hydrogen-bond donors (Lipinski definition) is 0. The zero-order valence-electron chi connectivity index (χ0n) is 17.4. The number of carbonyl (C=O) groups is 2. The van der Waals surface area contributed by atoms with Crippen molar-refractivity contribution in [2.45, 2.75) is 20.8 Å². The Balaban J connectivity index is 1.45. The number of anilines is 1. The summed E-state index contributed by atoms with van der Waals surface area (Å²) in [4.78, 5) is 28.3. The van der Waals surface area contributed by atoms with Gasteiger partial charge in [-0.3, -0.25) is 4.79 Å². The molecular weight excluding hydrogens is 364 g/mol. The summed E-state index contributed by atoms with van der Waals surface area (Å²) in [7, 11) is 0. The van der Waals surface area contributed by atoms with Gasteiger partial charge in [0.2, 0.25) is 0 Å². The fraction of sp³-hybridized carbons (Fsp3) is 0.333. The smallest absolute Gasteiger partial charge is 0.331 e. The van der Waals surface area contributed by atoms with E-state index in [9.17, 15) is 9.59 Å². The van der Waals surface area contributed by atoms with Crippen molar-refractivity contribution in [2.75, 3.05) is 37.7 Å². The summed E-state index contributed by atoms with van der Waals surface area (Å²) in [6.45, 7) is 8.84. The van der Waals surface area contributed by atoms with Crippen LogP contribution in [0, 0.1) is 20.8 Å². The number of rotatable bonds is 5. The summed E-state index contributed by atoms with van der Waals surface area (Å²) in [5, 5.41) is 0. The Hall–Kier alpha value is -3.08. The molecule has 0 atom stereocenters. The number of carbonyl (C=O) groups excluding carboxylic acids is 2. The summed E-state index contributed by atoms with van der Waals surface area (Å²) in [6, 6.07) is 14.1. The number of piperazine rings is 1. The molecule has 1 amide bonds. The molecule has 0 spiro atoms. The van der Waals surface area contributed by atoms with E-state index in [2.05, 4.69) is 36.9 Å². The minimum Gasteiger partial charge on any atom is -0.452 e. The Morgan fingerprint density at radius 1 is 0.966 bits per heavy atom. The predicted molar refractivity (Wildman–Crippen MR) is 116 cm³/mol. The topological polar surface area (TPSA) is 49.9 Å². The van der Waals surface area contributed by atoms with E-state index in [0.29, 0.717) is 13.1 Å². The fourth-order valence-electron chi connectivity index (χ4n) is 3.39. The first-order valence-electron chi connectivity index (χ1n) is 9.94. The van der Waals surface area contributed by atoms with Crippen molar-refractivity contribution in [3.63, 3.8) is 0 Å². The molecule has 0 radical (unpaired) electrons. The number of ether oxygens (including phenoxy) is 1. The monoisotopic (exact) mass is 392 g/mol. The van der Waals surface area contributed by atoms with Crippen molar-refractivity contribution in [1.29, 1.82) is 0 Å². The predicted octanol–water partition coefficient (Wildman–Crippen LogP) is 3.52. The highest BCUT2D eigenvalue weighted by Gasteiger charge is 2.22. The minimum atomic E-state index is -0.507. The third-order valence-corrected chi connectivity index (χ3v) is 5.38. The van der Waals surface area contributed by atoms with Crippen LogP contribution in [0.25, 0.3) is 6.08 Å². The van der Waals surface area contributed by atoms with Crippen LogP contribution in [0.3, 0.4) is 0 Å². The number of benzene rings is 2. The van der Waals surface area contributed by atoms with E-state index < -0.39 is 5.97 Å². The Kier molecular flexibility index (Phi) is 6.70. The summed E-state index contributed by atoms with van der Waals surface area (Å²) in [6.07, 6.45) is 3.05. The first-order chi connectivity index (χ1) is 13.9. The fourth-order valence-corrected chi connectivity index (χ4v) is 3.39. The molecule has 0 saturated carbocycles. The van der Waals surface area contributed by atoms with Crippen LogP contribution in [0.4, 0.5) is 5.69 Å². The SMILES string of the molecule is Cc1ccc(/C=C/C(=O)OCC(=O)N2CCN(c3cccc(C)c3C)CC2)cc1. The van der Waals surface area contributed by atoms with Gasteiger partial charge in [0.05, 0.1) is 0 Å². The van der Waals surface area contributed by atoms with Crippen molar-refractivity contribution < 1.29 is 14.3 Å². The third kappa shape index (κ3) is 5.47. The zero-order chi connectivity index (χ0) is 20.8. The summed E-state index contributed by atoms with van der Waals surface area (Å²) in [5.74, 6) is -0.657. The number of aryl methyl sites for hydroxylation is 2. The van der Waals surface area contributed by atoms with Crippen LogP contribution >= 0.6 is 0 Å². The second-order valence-electron chi connectivity index (χ2n) is 7.44. The molecule has 1 fully saturated rings. The highest BCUT2D eigenvalue weighted by Crippen LogP contribution is 2.23. The van der Waals surface area contributed by atoms with Crippen LogP contribution in [0.2, 0.25) is 0 Å². The van der Waals surface area contributed by atoms with Crippen molar-refractivity contribution in [1.82, 2.24) is 4.90 Å². The Morgan fingerprint density at radius 2 is 1.66 bits per heavy atom. The van der Waals surface area contributed by atoms with Gasteiger partial charge in [-0.1, -0.05) is 42.0 Å². The maximum Gasteiger partial charge on any atom is 0.331 e. The molecule has 2 aromatic rings. The molecule has 0 unspecified atom stereocenters. The van der Waals surface area contributed by atoms with Gasteiger partial charge in [0, 0.05) is 37.9 Å². The Labute approximate surface area is 172 Å². The maximum atomic E-state index is 12.4. The van der Waals surface area contributed by atoms with Crippen molar-refractivity contribution in [3.8, 4) is 0 Å². The number of nitrogens with zero attached hydrogens (tertiary/aromatic N) is 2. The average molecular weight is 392 g/mol. The van der Waals surface area contributed by atoms with E-state index >= 15 is 0 Å². The molecule has 29 heavy (non-hydrogen) atoms. The number of hydrogen-bond acceptors (Lipinski definition) is 4. The molecule has 152 valence electrons. The second-order valence-corrected chi connectivity index (χ2v) is 7.44. The van der Waals surface area contributed by atoms with Gasteiger partial charge in [0.1, 0.15) is 0 Å². The van der Waals surface area contributed by atoms with Crippen LogP contribution in [0.1, 0.15) is 22.3 Å². The third-order valence-electron chi connectivity index (χ3n) is 5.38. The van der Waals surface area contributed by atoms with Crippen LogP contribution in [0.15, 0.2) is 48.5 Å². The zero-order valence-corrected chi connectivity index (χ0v) is 17.4. The van der Waals surface area contributed by atoms with Gasteiger partial charge in [-0.25, -0.2) is 4.79 Å². The van der Waals surface area contributed by atoms with Crippen LogP contribution in [-0.4, -0.2) is 49.6 Å². The standard InChI is InChI=1S/C24H28N2O3/c1-18-7-9-21(10-8-18)11-12-24(28)29-17-23(27)26-15-13-25(14-16-26)22-6-4-5-19(2)20(22)3/h4-12H,13-17H2,1-3H3/b12-11+. The summed E-state index contributed by atoms with van der Waals surface area (Å²) < 4.78 is 5.12. The maximum absolute atomic E-state index is 12.4. The summed E-state index contributed by atoms with van der Waals surface area (Å²) in [5.41, 5.74) is 5.85. The largest absolute Gasteiger partial charge is 0.452 e. The number of amides is 1. The number of esters is 1. The van der Waals surface area contributed by atoms with Crippen LogP contribution < -0.4 is 4.90 Å². The van der Waals surface area contributed by atoms with Gasteiger partial charge in [-0.2, -0.15) is 0 Å². The summed E-state index contributed by atoms with van der Waals surface area (Å²) >= 11 is 0. The molecule has 1 aliphatic heterocycles. The average Bonchev–Trinajstić information content (AvgIpc) is 2.73. The minimum absolute atomic E-state index is 0.150. The molecule has 1 heterocycles. The van der Waals surface area contributed by atoms with E-state index in [1.54, 1.807) is 11.0 Å². The Morgan fingerprint density at radius 3 is 2.34 bits per heavy atom. The molecule has 3 rings (SSSR count). The quantitative estimate of drug-likeness (QED) is 0.577. The molecule has 0 bridgehead atoms. The molecule has 1 aliphatic rings. The highest BCUT2D eigenvalue weighted by atomic mass is 16.5. The first-order valence-corrected chi connectivity index (χ1v) is 9.94. The Bertz CT molecular complexity index is 895. The molecule has 5 nitrogen and oxygen atoms in total. The van der Waals surface area contributed by atoms with Crippen molar-refractivity contribution >= 4 is 23.6 Å². The van der Waals surface area contributed by atoms with Gasteiger partial charge in [-0.05, 0) is 49.6 Å². The molecule has 1 saturated heterocycles. The van der Waals surface area contributed by atoms with Crippen molar-refractivity contribution in [2.24, 2.45) is 0 Å². The lowest BCUT2D eigenvalue weighted by molar-refractivity contribution is -0.148. The second kappa shape index (κ2) is 9.41. The van der Waals surface area contributed by atoms with E-state index in [-0.39, 0.29) is 12.5 Å². The van der Waals surface area contributed by atoms with Crippen molar-refractivity contribution in [3.05, 3.63) is 70.8 Å². The van der Waals surface area contributed by atoms with Gasteiger partial charge >= 0.3 is 5.97 Å². The van der Waals surface area contributed by atoms with E-state index in [4.69, 9.17) is 4.74 Å². The molecule has 2 aromatic carbocycles. The molecule has 5 heteroatoms. The van der Waals surface area contributed by atoms with Gasteiger partial charge in [0.25, 0.3) is 5.91 Å². The molecular formula is C24H28N2O3. The van der Waals surface area contributed by atoms with Crippen LogP contribution in [-0.2, 0) is 14.3 Å². The lowest BCUT2D eigenvalue weighted by Crippen LogP contribution is -2.50. The van der Waals surface area contributed by atoms with E-state index in [1.165, 1.54) is 22.9 Å². The lowest BCUT2D eigenvalue weighted by Gasteiger charge is -2.37. The normalized spacial score (nSPS) is 14.3.